The van der Waals surface area contributed by atoms with E-state index in [0.717, 1.165) is 28.8 Å². The second-order valence-corrected chi connectivity index (χ2v) is 7.98. The molecule has 30 heavy (non-hydrogen) atoms. The Morgan fingerprint density at radius 1 is 1.13 bits per heavy atom. The lowest BCUT2D eigenvalue weighted by Gasteiger charge is -2.10. The number of rotatable bonds is 5. The van der Waals surface area contributed by atoms with Crippen LogP contribution in [0.3, 0.4) is 0 Å². The van der Waals surface area contributed by atoms with Crippen molar-refractivity contribution in [3.63, 3.8) is 0 Å². The Morgan fingerprint density at radius 2 is 1.97 bits per heavy atom. The number of aromatic nitrogens is 3. The molecule has 3 heterocycles. The number of benzene rings is 2. The van der Waals surface area contributed by atoms with Gasteiger partial charge in [-0.15, -0.1) is 11.3 Å². The van der Waals surface area contributed by atoms with E-state index in [1.54, 1.807) is 11.2 Å². The van der Waals surface area contributed by atoms with Crippen molar-refractivity contribution in [1.82, 2.24) is 14.5 Å². The molecule has 2 aromatic carbocycles. The van der Waals surface area contributed by atoms with E-state index in [4.69, 9.17) is 0 Å². The number of hydrogen-bond donors (Lipinski definition) is 1. The highest BCUT2D eigenvalue weighted by Gasteiger charge is 2.24. The summed E-state index contributed by atoms with van der Waals surface area (Å²) in [4.78, 5) is 34.8. The van der Waals surface area contributed by atoms with Crippen molar-refractivity contribution in [3.8, 4) is 5.69 Å². The summed E-state index contributed by atoms with van der Waals surface area (Å²) in [5, 5.41) is 5.43. The first-order chi connectivity index (χ1) is 14.7. The van der Waals surface area contributed by atoms with Crippen LogP contribution in [0.1, 0.15) is 18.5 Å². The highest BCUT2D eigenvalue weighted by molar-refractivity contribution is 7.14. The van der Waals surface area contributed by atoms with Crippen LogP contribution in [-0.2, 0) is 16.0 Å². The summed E-state index contributed by atoms with van der Waals surface area (Å²) in [7, 11) is 0. The van der Waals surface area contributed by atoms with Gasteiger partial charge in [-0.3, -0.25) is 19.1 Å². The molecular formula is C22H19N5O2S. The van der Waals surface area contributed by atoms with E-state index < -0.39 is 0 Å². The Kier molecular flexibility index (Phi) is 4.76. The summed E-state index contributed by atoms with van der Waals surface area (Å²) in [6.07, 6.45) is 3.40. The molecule has 0 bridgehead atoms. The topological polar surface area (TPSA) is 80.1 Å². The second-order valence-electron chi connectivity index (χ2n) is 7.15. The number of carbonyl (C=O) groups excluding carboxylic acids is 2. The molecule has 0 spiro atoms. The first kappa shape index (κ1) is 18.5. The molecule has 1 aliphatic rings. The minimum Gasteiger partial charge on any atom is -0.326 e. The van der Waals surface area contributed by atoms with E-state index in [1.807, 2.05) is 58.5 Å². The van der Waals surface area contributed by atoms with Gasteiger partial charge >= 0.3 is 0 Å². The molecule has 2 amide bonds. The predicted molar refractivity (Wildman–Crippen MR) is 117 cm³/mol. The summed E-state index contributed by atoms with van der Waals surface area (Å²) >= 11 is 1.41. The molecule has 0 saturated carbocycles. The number of thiazole rings is 1. The lowest BCUT2D eigenvalue weighted by atomic mass is 10.2. The van der Waals surface area contributed by atoms with Gasteiger partial charge in [0.05, 0.1) is 23.1 Å². The van der Waals surface area contributed by atoms with Crippen LogP contribution >= 0.6 is 11.3 Å². The van der Waals surface area contributed by atoms with Crippen LogP contribution in [0.25, 0.3) is 16.7 Å². The fourth-order valence-corrected chi connectivity index (χ4v) is 4.46. The van der Waals surface area contributed by atoms with Crippen molar-refractivity contribution in [2.24, 2.45) is 0 Å². The van der Waals surface area contributed by atoms with Crippen molar-refractivity contribution in [2.75, 3.05) is 16.8 Å². The van der Waals surface area contributed by atoms with Crippen molar-refractivity contribution in [3.05, 3.63) is 65.9 Å². The Morgan fingerprint density at radius 3 is 2.77 bits per heavy atom. The lowest BCUT2D eigenvalue weighted by molar-refractivity contribution is -0.117. The number of imidazole rings is 1. The molecule has 8 heteroatoms. The van der Waals surface area contributed by atoms with Crippen molar-refractivity contribution < 1.29 is 9.59 Å². The van der Waals surface area contributed by atoms with Crippen LogP contribution in [-0.4, -0.2) is 32.9 Å². The fraction of sp³-hybridized carbons (Fsp3) is 0.182. The fourth-order valence-electron chi connectivity index (χ4n) is 3.59. The van der Waals surface area contributed by atoms with Gasteiger partial charge < -0.3 is 5.32 Å². The molecule has 1 N–H and O–H groups in total. The molecule has 1 aliphatic heterocycles. The minimum atomic E-state index is -0.138. The van der Waals surface area contributed by atoms with Crippen LogP contribution in [0.2, 0.25) is 0 Å². The number of nitrogens with zero attached hydrogens (tertiary/aromatic N) is 4. The summed E-state index contributed by atoms with van der Waals surface area (Å²) in [6.45, 7) is 0.705. The van der Waals surface area contributed by atoms with Crippen molar-refractivity contribution in [1.29, 1.82) is 0 Å². The molecule has 1 saturated heterocycles. The Bertz CT molecular complexity index is 1230. The SMILES string of the molecule is O=C(Cc1csc(N2CCCC2=O)n1)Nc1ccc(-n2cnc3ccccc32)cc1. The van der Waals surface area contributed by atoms with Crippen LogP contribution in [0, 0.1) is 0 Å². The van der Waals surface area contributed by atoms with Gasteiger partial charge in [-0.1, -0.05) is 12.1 Å². The van der Waals surface area contributed by atoms with Crippen LogP contribution in [0.15, 0.2) is 60.2 Å². The third kappa shape index (κ3) is 3.57. The Labute approximate surface area is 177 Å². The lowest BCUT2D eigenvalue weighted by Crippen LogP contribution is -2.23. The van der Waals surface area contributed by atoms with Crippen LogP contribution < -0.4 is 10.2 Å². The van der Waals surface area contributed by atoms with Crippen molar-refractivity contribution in [2.45, 2.75) is 19.3 Å². The monoisotopic (exact) mass is 417 g/mol. The van der Waals surface area contributed by atoms with Crippen molar-refractivity contribution >= 4 is 45.0 Å². The van der Waals surface area contributed by atoms with E-state index in [2.05, 4.69) is 15.3 Å². The molecule has 5 rings (SSSR count). The first-order valence-corrected chi connectivity index (χ1v) is 10.6. The standard InChI is InChI=1S/C22H19N5O2S/c28-20(12-16-13-30-22(25-16)26-11-3-6-21(26)29)24-15-7-9-17(10-8-15)27-14-23-18-4-1-2-5-19(18)27/h1-2,4-5,7-10,13-14H,3,6,11-12H2,(H,24,28). The number of carbonyl (C=O) groups is 2. The second kappa shape index (κ2) is 7.72. The largest absolute Gasteiger partial charge is 0.326 e. The zero-order valence-corrected chi connectivity index (χ0v) is 16.9. The third-order valence-corrected chi connectivity index (χ3v) is 5.98. The third-order valence-electron chi connectivity index (χ3n) is 5.07. The number of para-hydroxylation sites is 2. The maximum atomic E-state index is 12.4. The number of anilines is 2. The number of amides is 2. The number of hydrogen-bond acceptors (Lipinski definition) is 5. The highest BCUT2D eigenvalue weighted by atomic mass is 32.1. The van der Waals surface area contributed by atoms with Gasteiger partial charge in [-0.05, 0) is 42.8 Å². The van der Waals surface area contributed by atoms with E-state index in [1.165, 1.54) is 11.3 Å². The van der Waals surface area contributed by atoms with Gasteiger partial charge in [0.25, 0.3) is 0 Å². The van der Waals surface area contributed by atoms with Gasteiger partial charge in [0.2, 0.25) is 11.8 Å². The molecule has 0 atom stereocenters. The van der Waals surface area contributed by atoms with Crippen LogP contribution in [0.5, 0.6) is 0 Å². The van der Waals surface area contributed by atoms with Gasteiger partial charge in [0.1, 0.15) is 6.33 Å². The van der Waals surface area contributed by atoms with Gasteiger partial charge in [-0.2, -0.15) is 0 Å². The minimum absolute atomic E-state index is 0.103. The maximum absolute atomic E-state index is 12.4. The quantitative estimate of drug-likeness (QED) is 0.536. The molecule has 0 unspecified atom stereocenters. The molecule has 1 fully saturated rings. The normalized spacial score (nSPS) is 13.9. The smallest absolute Gasteiger partial charge is 0.230 e. The van der Waals surface area contributed by atoms with E-state index in [9.17, 15) is 9.59 Å². The summed E-state index contributed by atoms with van der Waals surface area (Å²) in [5.41, 5.74) is 4.34. The molecule has 0 aliphatic carbocycles. The summed E-state index contributed by atoms with van der Waals surface area (Å²) in [5.74, 6) is -0.0356. The van der Waals surface area contributed by atoms with E-state index in [-0.39, 0.29) is 18.2 Å². The predicted octanol–water partition coefficient (Wildman–Crippen LogP) is 3.79. The van der Waals surface area contributed by atoms with Gasteiger partial charge in [-0.25, -0.2) is 9.97 Å². The number of fused-ring (bicyclic) bond motifs is 1. The summed E-state index contributed by atoms with van der Waals surface area (Å²) in [6, 6.07) is 15.6. The highest BCUT2D eigenvalue weighted by Crippen LogP contribution is 2.25. The zero-order chi connectivity index (χ0) is 20.5. The molecule has 150 valence electrons. The molecule has 4 aromatic rings. The molecule has 0 radical (unpaired) electrons. The number of nitrogens with one attached hydrogen (secondary N) is 1. The molecular weight excluding hydrogens is 398 g/mol. The zero-order valence-electron chi connectivity index (χ0n) is 16.1. The summed E-state index contributed by atoms with van der Waals surface area (Å²) < 4.78 is 2.01. The maximum Gasteiger partial charge on any atom is 0.230 e. The van der Waals surface area contributed by atoms with E-state index in [0.29, 0.717) is 23.8 Å². The van der Waals surface area contributed by atoms with Gasteiger partial charge in [0, 0.05) is 29.7 Å². The average molecular weight is 417 g/mol. The Hall–Kier alpha value is -3.52. The van der Waals surface area contributed by atoms with E-state index >= 15 is 0 Å². The average Bonchev–Trinajstić information content (AvgIpc) is 3.48. The first-order valence-electron chi connectivity index (χ1n) is 9.74. The molecule has 2 aromatic heterocycles. The van der Waals surface area contributed by atoms with Crippen LogP contribution in [0.4, 0.5) is 10.8 Å². The van der Waals surface area contributed by atoms with Gasteiger partial charge in [0.15, 0.2) is 5.13 Å². The molecule has 7 nitrogen and oxygen atoms in total. The Balaban J connectivity index is 1.24.